The number of halogens is 1. The molecule has 1 atom stereocenters. The summed E-state index contributed by atoms with van der Waals surface area (Å²) < 4.78 is 1.74. The number of rotatable bonds is 4. The molecule has 3 aromatic rings. The molecule has 1 aliphatic heterocycles. The first-order valence-electron chi connectivity index (χ1n) is 11.2. The van der Waals surface area contributed by atoms with E-state index < -0.39 is 0 Å². The zero-order valence-electron chi connectivity index (χ0n) is 18.2. The van der Waals surface area contributed by atoms with E-state index in [2.05, 4.69) is 9.88 Å². The van der Waals surface area contributed by atoms with E-state index in [0.29, 0.717) is 17.6 Å². The van der Waals surface area contributed by atoms with Crippen molar-refractivity contribution in [3.63, 3.8) is 0 Å². The van der Waals surface area contributed by atoms with E-state index in [1.165, 1.54) is 10.4 Å². The van der Waals surface area contributed by atoms with Gasteiger partial charge in [0.2, 0.25) is 5.91 Å². The quantitative estimate of drug-likeness (QED) is 0.586. The van der Waals surface area contributed by atoms with Crippen LogP contribution in [-0.4, -0.2) is 57.5 Å². The first-order chi connectivity index (χ1) is 15.5. The van der Waals surface area contributed by atoms with Gasteiger partial charge in [0.05, 0.1) is 11.7 Å². The van der Waals surface area contributed by atoms with Crippen LogP contribution < -0.4 is 5.56 Å². The number of amides is 1. The van der Waals surface area contributed by atoms with Crippen molar-refractivity contribution in [3.05, 3.63) is 62.0 Å². The van der Waals surface area contributed by atoms with Crippen LogP contribution in [0.5, 0.6) is 0 Å². The van der Waals surface area contributed by atoms with Crippen LogP contribution in [0.4, 0.5) is 0 Å². The molecule has 0 N–H and O–H groups in total. The number of thiophene rings is 1. The van der Waals surface area contributed by atoms with Crippen LogP contribution >= 0.6 is 22.9 Å². The summed E-state index contributed by atoms with van der Waals surface area (Å²) in [6.45, 7) is 5.72. The highest BCUT2D eigenvalue weighted by Gasteiger charge is 2.30. The molecule has 1 amide bonds. The Kier molecular flexibility index (Phi) is 6.05. The monoisotopic (exact) mass is 470 g/mol. The van der Waals surface area contributed by atoms with Gasteiger partial charge in [-0.2, -0.15) is 0 Å². The van der Waals surface area contributed by atoms with Gasteiger partial charge in [-0.1, -0.05) is 23.7 Å². The number of aryl methyl sites for hydroxylation is 3. The summed E-state index contributed by atoms with van der Waals surface area (Å²) in [7, 11) is 0. The predicted octanol–water partition coefficient (Wildman–Crippen LogP) is 3.38. The second kappa shape index (κ2) is 8.96. The van der Waals surface area contributed by atoms with Gasteiger partial charge in [-0.05, 0) is 48.9 Å². The van der Waals surface area contributed by atoms with Gasteiger partial charge in [0, 0.05) is 55.6 Å². The van der Waals surface area contributed by atoms with Crippen LogP contribution in [0.3, 0.4) is 0 Å². The van der Waals surface area contributed by atoms with Gasteiger partial charge in [-0.15, -0.1) is 11.3 Å². The molecule has 1 saturated heterocycles. The lowest BCUT2D eigenvalue weighted by atomic mass is 9.91. The number of fused-ring (bicyclic) bond motifs is 3. The van der Waals surface area contributed by atoms with Crippen molar-refractivity contribution in [2.24, 2.45) is 0 Å². The molecule has 0 saturated carbocycles. The minimum atomic E-state index is 0.0723. The summed E-state index contributed by atoms with van der Waals surface area (Å²) in [5.41, 5.74) is 2.39. The third-order valence-electron chi connectivity index (χ3n) is 6.82. The summed E-state index contributed by atoms with van der Waals surface area (Å²) >= 11 is 7.77. The van der Waals surface area contributed by atoms with Gasteiger partial charge in [0.1, 0.15) is 4.83 Å². The molecular weight excluding hydrogens is 444 g/mol. The van der Waals surface area contributed by atoms with E-state index in [9.17, 15) is 9.59 Å². The highest BCUT2D eigenvalue weighted by molar-refractivity contribution is 7.18. The Hall–Kier alpha value is -2.22. The number of nitrogens with zero attached hydrogens (tertiary/aromatic N) is 4. The van der Waals surface area contributed by atoms with E-state index in [0.717, 1.165) is 67.6 Å². The number of carbonyl (C=O) groups excluding carboxylic acids is 1. The molecule has 6 nitrogen and oxygen atoms in total. The first-order valence-corrected chi connectivity index (χ1v) is 12.4. The van der Waals surface area contributed by atoms with Crippen molar-refractivity contribution in [1.82, 2.24) is 19.4 Å². The summed E-state index contributed by atoms with van der Waals surface area (Å²) in [4.78, 5) is 36.2. The molecule has 32 heavy (non-hydrogen) atoms. The average Bonchev–Trinajstić information content (AvgIpc) is 3.17. The van der Waals surface area contributed by atoms with E-state index in [1.807, 2.05) is 29.2 Å². The number of piperazine rings is 1. The SMILES string of the molecule is CC(=O)N1CCN([C@@H]2CCc3c(sc4ncn(CCc5cccc(Cl)c5)c(=O)c34)C2)CC1. The highest BCUT2D eigenvalue weighted by atomic mass is 35.5. The van der Waals surface area contributed by atoms with Crippen molar-refractivity contribution >= 4 is 39.1 Å². The number of benzene rings is 1. The van der Waals surface area contributed by atoms with E-state index in [1.54, 1.807) is 29.2 Å². The smallest absolute Gasteiger partial charge is 0.262 e. The summed E-state index contributed by atoms with van der Waals surface area (Å²) in [6.07, 6.45) is 5.38. The van der Waals surface area contributed by atoms with Crippen LogP contribution in [0.15, 0.2) is 35.4 Å². The van der Waals surface area contributed by atoms with Crippen molar-refractivity contribution in [2.75, 3.05) is 26.2 Å². The molecule has 1 aromatic carbocycles. The van der Waals surface area contributed by atoms with Crippen LogP contribution in [0.1, 0.15) is 29.3 Å². The highest BCUT2D eigenvalue weighted by Crippen LogP contribution is 2.35. The van der Waals surface area contributed by atoms with Crippen LogP contribution in [0, 0.1) is 0 Å². The Morgan fingerprint density at radius 1 is 1.25 bits per heavy atom. The molecule has 168 valence electrons. The van der Waals surface area contributed by atoms with Crippen molar-refractivity contribution in [2.45, 2.75) is 45.2 Å². The van der Waals surface area contributed by atoms with Crippen LogP contribution in [0.25, 0.3) is 10.2 Å². The summed E-state index contributed by atoms with van der Waals surface area (Å²) in [5.74, 6) is 0.165. The number of carbonyl (C=O) groups is 1. The maximum Gasteiger partial charge on any atom is 0.262 e. The fourth-order valence-electron chi connectivity index (χ4n) is 5.00. The van der Waals surface area contributed by atoms with Crippen molar-refractivity contribution in [1.29, 1.82) is 0 Å². The van der Waals surface area contributed by atoms with Gasteiger partial charge in [0.15, 0.2) is 0 Å². The zero-order chi connectivity index (χ0) is 22.2. The molecule has 3 heterocycles. The molecule has 2 aromatic heterocycles. The third kappa shape index (κ3) is 4.21. The maximum atomic E-state index is 13.3. The Morgan fingerprint density at radius 3 is 2.81 bits per heavy atom. The minimum absolute atomic E-state index is 0.0723. The number of hydrogen-bond acceptors (Lipinski definition) is 5. The molecule has 2 aliphatic rings. The van der Waals surface area contributed by atoms with Gasteiger partial charge in [0.25, 0.3) is 5.56 Å². The van der Waals surface area contributed by atoms with Gasteiger partial charge in [-0.25, -0.2) is 4.98 Å². The molecule has 8 heteroatoms. The first kappa shape index (κ1) is 21.6. The fraction of sp³-hybridized carbons (Fsp3) is 0.458. The largest absolute Gasteiger partial charge is 0.340 e. The zero-order valence-corrected chi connectivity index (χ0v) is 19.8. The molecule has 0 unspecified atom stereocenters. The van der Waals surface area contributed by atoms with Crippen LogP contribution in [-0.2, 0) is 30.6 Å². The molecule has 0 bridgehead atoms. The van der Waals surface area contributed by atoms with Crippen LogP contribution in [0.2, 0.25) is 5.02 Å². The third-order valence-corrected chi connectivity index (χ3v) is 8.21. The van der Waals surface area contributed by atoms with Gasteiger partial charge >= 0.3 is 0 Å². The average molecular weight is 471 g/mol. The normalized spacial score (nSPS) is 19.3. The number of hydrogen-bond donors (Lipinski definition) is 0. The lowest BCUT2D eigenvalue weighted by Crippen LogP contribution is -2.52. The Morgan fingerprint density at radius 2 is 2.06 bits per heavy atom. The van der Waals surface area contributed by atoms with Gasteiger partial charge < -0.3 is 4.90 Å². The van der Waals surface area contributed by atoms with E-state index in [-0.39, 0.29) is 11.5 Å². The lowest BCUT2D eigenvalue weighted by molar-refractivity contribution is -0.130. The van der Waals surface area contributed by atoms with Gasteiger partial charge in [-0.3, -0.25) is 19.1 Å². The summed E-state index contributed by atoms with van der Waals surface area (Å²) in [5, 5.41) is 1.53. The van der Waals surface area contributed by atoms with Crippen molar-refractivity contribution in [3.8, 4) is 0 Å². The Balaban J connectivity index is 1.33. The standard InChI is InChI=1S/C24H27ClN4O2S/c1-16(30)27-9-11-28(12-10-27)19-5-6-20-21(14-19)32-23-22(20)24(31)29(15-26-23)8-7-17-3-2-4-18(25)13-17/h2-4,13,15,19H,5-12,14H2,1H3/t19-/m1/s1. The Bertz CT molecular complexity index is 1210. The minimum Gasteiger partial charge on any atom is -0.340 e. The maximum absolute atomic E-state index is 13.3. The fourth-order valence-corrected chi connectivity index (χ4v) is 6.46. The molecule has 1 fully saturated rings. The molecule has 1 aliphatic carbocycles. The molecule has 0 radical (unpaired) electrons. The molecule has 5 rings (SSSR count). The van der Waals surface area contributed by atoms with Crippen molar-refractivity contribution < 1.29 is 4.79 Å². The lowest BCUT2D eigenvalue weighted by Gasteiger charge is -2.40. The second-order valence-electron chi connectivity index (χ2n) is 8.75. The predicted molar refractivity (Wildman–Crippen MR) is 129 cm³/mol. The molecule has 0 spiro atoms. The van der Waals surface area contributed by atoms with E-state index >= 15 is 0 Å². The topological polar surface area (TPSA) is 58.4 Å². The number of aromatic nitrogens is 2. The second-order valence-corrected chi connectivity index (χ2v) is 10.3. The Labute approximate surface area is 196 Å². The van der Waals surface area contributed by atoms with E-state index in [4.69, 9.17) is 11.6 Å². The summed E-state index contributed by atoms with van der Waals surface area (Å²) in [6, 6.07) is 8.26. The molecular formula is C24H27ClN4O2S.